The monoisotopic (exact) mass is 382 g/mol. The van der Waals surface area contributed by atoms with E-state index < -0.39 is 10.0 Å². The van der Waals surface area contributed by atoms with Crippen LogP contribution in [0.15, 0.2) is 32.7 Å². The van der Waals surface area contributed by atoms with E-state index in [1.54, 1.807) is 18.2 Å². The second-order valence-electron chi connectivity index (χ2n) is 6.14. The third kappa shape index (κ3) is 3.28. The number of ether oxygens (including phenoxy) is 1. The van der Waals surface area contributed by atoms with Crippen molar-refractivity contribution in [2.45, 2.75) is 41.1 Å². The zero-order valence-corrected chi connectivity index (χ0v) is 15.1. The van der Waals surface area contributed by atoms with Crippen LogP contribution >= 0.6 is 11.8 Å². The number of nitrogens with zero attached hydrogens (tertiary/aromatic N) is 2. The Labute approximate surface area is 149 Å². The van der Waals surface area contributed by atoms with Crippen molar-refractivity contribution in [3.05, 3.63) is 18.2 Å². The number of rotatable bonds is 4. The molecular formula is C16H18N2O5S2. The highest BCUT2D eigenvalue weighted by Gasteiger charge is 2.30. The molecule has 0 saturated carbocycles. The van der Waals surface area contributed by atoms with E-state index in [1.165, 1.54) is 16.1 Å². The Hall–Kier alpha value is -1.58. The van der Waals surface area contributed by atoms with Crippen LogP contribution in [0.5, 0.6) is 0 Å². The highest BCUT2D eigenvalue weighted by atomic mass is 32.2. The maximum atomic E-state index is 12.8. The van der Waals surface area contributed by atoms with Crippen LogP contribution in [-0.4, -0.2) is 48.6 Å². The zero-order chi connectivity index (χ0) is 17.4. The minimum atomic E-state index is -3.50. The molecule has 2 fully saturated rings. The smallest absolute Gasteiger partial charge is 0.319 e. The van der Waals surface area contributed by atoms with E-state index in [2.05, 4.69) is 4.98 Å². The third-order valence-corrected chi connectivity index (χ3v) is 7.41. The predicted octanol–water partition coefficient (Wildman–Crippen LogP) is 2.41. The van der Waals surface area contributed by atoms with Crippen LogP contribution in [0.1, 0.15) is 25.7 Å². The fourth-order valence-electron chi connectivity index (χ4n) is 3.06. The average molecular weight is 382 g/mol. The number of carbonyl (C=O) groups excluding carboxylic acids is 1. The fourth-order valence-corrected chi connectivity index (χ4v) is 5.51. The summed E-state index contributed by atoms with van der Waals surface area (Å²) in [5.41, 5.74) is 0.985. The molecule has 1 atom stereocenters. The number of fused-ring (bicyclic) bond motifs is 1. The van der Waals surface area contributed by atoms with Gasteiger partial charge in [-0.25, -0.2) is 13.4 Å². The topological polar surface area (TPSA) is 89.7 Å². The van der Waals surface area contributed by atoms with E-state index in [0.717, 1.165) is 19.3 Å². The second kappa shape index (κ2) is 6.62. The SMILES string of the molecule is O=C1OCC[C@@H]1Sc1nc2cc(S(=O)(=O)N3CCCCC3)ccc2o1. The number of esters is 1. The third-order valence-electron chi connectivity index (χ3n) is 4.42. The summed E-state index contributed by atoms with van der Waals surface area (Å²) in [6.45, 7) is 1.53. The van der Waals surface area contributed by atoms with E-state index >= 15 is 0 Å². The highest BCUT2D eigenvalue weighted by Crippen LogP contribution is 2.32. The molecule has 3 heterocycles. The summed E-state index contributed by atoms with van der Waals surface area (Å²) in [4.78, 5) is 16.1. The summed E-state index contributed by atoms with van der Waals surface area (Å²) >= 11 is 1.21. The van der Waals surface area contributed by atoms with Crippen molar-refractivity contribution in [1.29, 1.82) is 0 Å². The van der Waals surface area contributed by atoms with Crippen molar-refractivity contribution in [2.75, 3.05) is 19.7 Å². The van der Waals surface area contributed by atoms with Gasteiger partial charge in [-0.15, -0.1) is 0 Å². The lowest BCUT2D eigenvalue weighted by atomic mass is 10.2. The second-order valence-corrected chi connectivity index (χ2v) is 9.23. The van der Waals surface area contributed by atoms with Crippen LogP contribution in [0.3, 0.4) is 0 Å². The van der Waals surface area contributed by atoms with E-state index in [0.29, 0.717) is 42.4 Å². The molecule has 9 heteroatoms. The standard InChI is InChI=1S/C16H18N2O5S2/c19-15-14(6-9-22-15)24-16-17-12-10-11(4-5-13(12)23-16)25(20,21)18-7-2-1-3-8-18/h4-5,10,14H,1-3,6-9H2/t14-/m0/s1. The molecule has 25 heavy (non-hydrogen) atoms. The molecule has 1 aromatic heterocycles. The molecule has 0 unspecified atom stereocenters. The molecule has 1 aromatic carbocycles. The molecule has 0 spiro atoms. The zero-order valence-electron chi connectivity index (χ0n) is 13.5. The van der Waals surface area contributed by atoms with E-state index in [-0.39, 0.29) is 16.1 Å². The number of oxazole rings is 1. The average Bonchev–Trinajstić information content (AvgIpc) is 3.21. The van der Waals surface area contributed by atoms with Crippen LogP contribution < -0.4 is 0 Å². The van der Waals surface area contributed by atoms with Crippen LogP contribution in [-0.2, 0) is 19.6 Å². The molecule has 2 aliphatic rings. The first-order chi connectivity index (χ1) is 12.0. The lowest BCUT2D eigenvalue weighted by Crippen LogP contribution is -2.35. The lowest BCUT2D eigenvalue weighted by molar-refractivity contribution is -0.137. The van der Waals surface area contributed by atoms with Gasteiger partial charge in [0.1, 0.15) is 10.8 Å². The van der Waals surface area contributed by atoms with Gasteiger partial charge < -0.3 is 9.15 Å². The molecule has 0 radical (unpaired) electrons. The molecule has 2 aliphatic heterocycles. The van der Waals surface area contributed by atoms with E-state index in [9.17, 15) is 13.2 Å². The maximum absolute atomic E-state index is 12.8. The van der Waals surface area contributed by atoms with Gasteiger partial charge in [-0.2, -0.15) is 4.31 Å². The van der Waals surface area contributed by atoms with Gasteiger partial charge >= 0.3 is 5.97 Å². The first kappa shape index (κ1) is 16.9. The van der Waals surface area contributed by atoms with Gasteiger partial charge in [0.25, 0.3) is 5.22 Å². The maximum Gasteiger partial charge on any atom is 0.319 e. The molecule has 0 bridgehead atoms. The summed E-state index contributed by atoms with van der Waals surface area (Å²) in [7, 11) is -3.50. The quantitative estimate of drug-likeness (QED) is 0.750. The lowest BCUT2D eigenvalue weighted by Gasteiger charge is -2.25. The molecular weight excluding hydrogens is 364 g/mol. The normalized spacial score (nSPS) is 22.4. The summed E-state index contributed by atoms with van der Waals surface area (Å²) in [5, 5.41) is 0.0379. The molecule has 4 rings (SSSR count). The first-order valence-electron chi connectivity index (χ1n) is 8.28. The van der Waals surface area contributed by atoms with E-state index in [1.807, 2.05) is 0 Å². The number of cyclic esters (lactones) is 1. The number of sulfonamides is 1. The first-order valence-corrected chi connectivity index (χ1v) is 10.6. The molecule has 0 N–H and O–H groups in total. The Morgan fingerprint density at radius 3 is 2.72 bits per heavy atom. The Morgan fingerprint density at radius 2 is 2.00 bits per heavy atom. The Bertz CT molecular complexity index is 902. The van der Waals surface area contributed by atoms with Gasteiger partial charge in [0.15, 0.2) is 5.58 Å². The predicted molar refractivity (Wildman–Crippen MR) is 91.8 cm³/mol. The van der Waals surface area contributed by atoms with Gasteiger partial charge in [0.2, 0.25) is 10.0 Å². The molecule has 0 aliphatic carbocycles. The minimum absolute atomic E-state index is 0.229. The number of hydrogen-bond donors (Lipinski definition) is 0. The van der Waals surface area contributed by atoms with Crippen LogP contribution in [0.25, 0.3) is 11.1 Å². The van der Waals surface area contributed by atoms with E-state index in [4.69, 9.17) is 9.15 Å². The van der Waals surface area contributed by atoms with Gasteiger partial charge in [0.05, 0.1) is 11.5 Å². The number of aromatic nitrogens is 1. The molecule has 7 nitrogen and oxygen atoms in total. The molecule has 0 amide bonds. The van der Waals surface area contributed by atoms with Crippen molar-refractivity contribution >= 4 is 38.9 Å². The van der Waals surface area contributed by atoms with Gasteiger partial charge in [0, 0.05) is 19.5 Å². The number of benzene rings is 1. The minimum Gasteiger partial charge on any atom is -0.465 e. The van der Waals surface area contributed by atoms with Crippen molar-refractivity contribution in [2.24, 2.45) is 0 Å². The summed E-state index contributed by atoms with van der Waals surface area (Å²) in [6.07, 6.45) is 3.47. The Balaban J connectivity index is 1.60. The van der Waals surface area contributed by atoms with Crippen molar-refractivity contribution in [3.8, 4) is 0 Å². The van der Waals surface area contributed by atoms with Gasteiger partial charge in [-0.3, -0.25) is 4.79 Å². The van der Waals surface area contributed by atoms with Gasteiger partial charge in [-0.1, -0.05) is 18.2 Å². The molecule has 2 aromatic rings. The summed E-state index contributed by atoms with van der Waals surface area (Å²) < 4.78 is 37.6. The number of thioether (sulfide) groups is 1. The summed E-state index contributed by atoms with van der Waals surface area (Å²) in [5.74, 6) is -0.263. The largest absolute Gasteiger partial charge is 0.465 e. The number of piperidine rings is 1. The Morgan fingerprint density at radius 1 is 1.20 bits per heavy atom. The Kier molecular flexibility index (Phi) is 4.47. The molecule has 2 saturated heterocycles. The van der Waals surface area contributed by atoms with Crippen molar-refractivity contribution in [3.63, 3.8) is 0 Å². The fraction of sp³-hybridized carbons (Fsp3) is 0.500. The highest BCUT2D eigenvalue weighted by molar-refractivity contribution is 8.00. The van der Waals surface area contributed by atoms with Crippen LogP contribution in [0.2, 0.25) is 0 Å². The number of carbonyl (C=O) groups is 1. The van der Waals surface area contributed by atoms with Crippen molar-refractivity contribution < 1.29 is 22.4 Å². The van der Waals surface area contributed by atoms with Crippen molar-refractivity contribution in [1.82, 2.24) is 9.29 Å². The van der Waals surface area contributed by atoms with Crippen LogP contribution in [0.4, 0.5) is 0 Å². The summed E-state index contributed by atoms with van der Waals surface area (Å²) in [6, 6.07) is 4.71. The molecule has 134 valence electrons. The van der Waals surface area contributed by atoms with Crippen LogP contribution in [0, 0.1) is 0 Å². The number of hydrogen-bond acceptors (Lipinski definition) is 7. The van der Waals surface area contributed by atoms with Gasteiger partial charge in [-0.05, 0) is 31.0 Å².